The zero-order valence-electron chi connectivity index (χ0n) is 14.3. The first kappa shape index (κ1) is 17.9. The molecule has 0 spiro atoms. The number of ether oxygens (including phenoxy) is 2. The molecular weight excluding hydrogens is 342 g/mol. The van der Waals surface area contributed by atoms with E-state index >= 15 is 0 Å². The van der Waals surface area contributed by atoms with Crippen LogP contribution in [0.2, 0.25) is 0 Å². The van der Waals surface area contributed by atoms with Crippen molar-refractivity contribution >= 4 is 11.6 Å². The lowest BCUT2D eigenvalue weighted by Gasteiger charge is -2.10. The standard InChI is InChI=1S/C18H18F2N4O2/c1-25-15-10-12(6-7-14(15)26-18(19)20)9-13(11-21)17-23-22-16-5-3-2-4-8-24(16)17/h6-7,9-10,18H,2-5,8H2,1H3/b13-9-. The summed E-state index contributed by atoms with van der Waals surface area (Å²) in [6.07, 6.45) is 5.68. The molecule has 2 aromatic rings. The van der Waals surface area contributed by atoms with E-state index in [2.05, 4.69) is 21.0 Å². The van der Waals surface area contributed by atoms with E-state index in [4.69, 9.17) is 4.74 Å². The molecule has 0 amide bonds. The third-order valence-corrected chi connectivity index (χ3v) is 4.19. The highest BCUT2D eigenvalue weighted by Gasteiger charge is 2.18. The molecule has 6 nitrogen and oxygen atoms in total. The molecule has 0 aliphatic carbocycles. The second-order valence-electron chi connectivity index (χ2n) is 5.86. The molecule has 1 aliphatic rings. The molecule has 0 N–H and O–H groups in total. The van der Waals surface area contributed by atoms with Gasteiger partial charge in [-0.05, 0) is 36.6 Å². The molecule has 3 rings (SSSR count). The van der Waals surface area contributed by atoms with Crippen LogP contribution in [0.4, 0.5) is 8.78 Å². The third kappa shape index (κ3) is 3.82. The first-order chi connectivity index (χ1) is 12.6. The SMILES string of the molecule is COc1cc(/C=C(/C#N)c2nnc3n2CCCCC3)ccc1OC(F)F. The van der Waals surface area contributed by atoms with E-state index in [1.165, 1.54) is 19.2 Å². The average Bonchev–Trinajstić information content (AvgIpc) is 2.88. The first-order valence-corrected chi connectivity index (χ1v) is 8.29. The zero-order valence-corrected chi connectivity index (χ0v) is 14.3. The molecule has 0 atom stereocenters. The number of halogens is 2. The summed E-state index contributed by atoms with van der Waals surface area (Å²) in [4.78, 5) is 0. The van der Waals surface area contributed by atoms with Crippen LogP contribution in [0.1, 0.15) is 36.5 Å². The number of alkyl halides is 2. The Bertz CT molecular complexity index is 855. The number of nitriles is 1. The van der Waals surface area contributed by atoms with Crippen LogP contribution in [0.3, 0.4) is 0 Å². The third-order valence-electron chi connectivity index (χ3n) is 4.19. The maximum atomic E-state index is 12.4. The van der Waals surface area contributed by atoms with Gasteiger partial charge in [0, 0.05) is 13.0 Å². The first-order valence-electron chi connectivity index (χ1n) is 8.29. The van der Waals surface area contributed by atoms with E-state index < -0.39 is 6.61 Å². The topological polar surface area (TPSA) is 73.0 Å². The molecule has 1 aliphatic heterocycles. The minimum atomic E-state index is -2.94. The molecular formula is C18H18F2N4O2. The number of allylic oxidation sites excluding steroid dienone is 1. The van der Waals surface area contributed by atoms with E-state index in [1.807, 2.05) is 4.57 Å². The smallest absolute Gasteiger partial charge is 0.387 e. The Morgan fingerprint density at radius 1 is 1.27 bits per heavy atom. The second-order valence-corrected chi connectivity index (χ2v) is 5.86. The van der Waals surface area contributed by atoms with Crippen molar-refractivity contribution in [2.75, 3.05) is 7.11 Å². The predicted molar refractivity (Wildman–Crippen MR) is 90.7 cm³/mol. The van der Waals surface area contributed by atoms with Crippen LogP contribution in [0.5, 0.6) is 11.5 Å². The Hall–Kier alpha value is -2.95. The normalized spacial score (nSPS) is 14.5. The number of benzene rings is 1. The lowest BCUT2D eigenvalue weighted by atomic mass is 10.1. The molecule has 8 heteroatoms. The maximum Gasteiger partial charge on any atom is 0.387 e. The van der Waals surface area contributed by atoms with Crippen molar-refractivity contribution in [2.45, 2.75) is 38.8 Å². The molecule has 1 aromatic heterocycles. The van der Waals surface area contributed by atoms with Crippen LogP contribution < -0.4 is 9.47 Å². The molecule has 26 heavy (non-hydrogen) atoms. The summed E-state index contributed by atoms with van der Waals surface area (Å²) in [6, 6.07) is 6.66. The van der Waals surface area contributed by atoms with Gasteiger partial charge in [0.2, 0.25) is 0 Å². The monoisotopic (exact) mass is 360 g/mol. The minimum Gasteiger partial charge on any atom is -0.493 e. The van der Waals surface area contributed by atoms with Gasteiger partial charge in [0.25, 0.3) is 0 Å². The minimum absolute atomic E-state index is 0.0606. The van der Waals surface area contributed by atoms with Crippen LogP contribution >= 0.6 is 0 Å². The Morgan fingerprint density at radius 2 is 2.12 bits per heavy atom. The van der Waals surface area contributed by atoms with Crippen LogP contribution in [0, 0.1) is 11.3 Å². The van der Waals surface area contributed by atoms with E-state index in [1.54, 1.807) is 12.1 Å². The van der Waals surface area contributed by atoms with Crippen molar-refractivity contribution in [3.05, 3.63) is 35.4 Å². The van der Waals surface area contributed by atoms with Crippen LogP contribution in [-0.2, 0) is 13.0 Å². The summed E-state index contributed by atoms with van der Waals surface area (Å²) >= 11 is 0. The van der Waals surface area contributed by atoms with Crippen molar-refractivity contribution in [1.82, 2.24) is 14.8 Å². The van der Waals surface area contributed by atoms with E-state index in [9.17, 15) is 14.0 Å². The summed E-state index contributed by atoms with van der Waals surface area (Å²) in [6.45, 7) is -2.16. The van der Waals surface area contributed by atoms with Crippen molar-refractivity contribution in [1.29, 1.82) is 5.26 Å². The number of aryl methyl sites for hydroxylation is 1. The number of aromatic nitrogens is 3. The highest BCUT2D eigenvalue weighted by Crippen LogP contribution is 2.31. The van der Waals surface area contributed by atoms with Gasteiger partial charge in [-0.15, -0.1) is 10.2 Å². The number of fused-ring (bicyclic) bond motifs is 1. The zero-order chi connectivity index (χ0) is 18.5. The summed E-state index contributed by atoms with van der Waals surface area (Å²) in [5.74, 6) is 1.51. The van der Waals surface area contributed by atoms with Crippen LogP contribution in [0.25, 0.3) is 11.6 Å². The fourth-order valence-electron chi connectivity index (χ4n) is 2.97. The van der Waals surface area contributed by atoms with Crippen molar-refractivity contribution in [3.8, 4) is 17.6 Å². The average molecular weight is 360 g/mol. The summed E-state index contributed by atoms with van der Waals surface area (Å²) < 4.78 is 36.3. The molecule has 2 heterocycles. The number of rotatable bonds is 5. The van der Waals surface area contributed by atoms with Gasteiger partial charge in [-0.25, -0.2) is 0 Å². The Kier molecular flexibility index (Phi) is 5.46. The molecule has 1 aromatic carbocycles. The molecule has 0 unspecified atom stereocenters. The lowest BCUT2D eigenvalue weighted by Crippen LogP contribution is -2.05. The van der Waals surface area contributed by atoms with Crippen molar-refractivity contribution < 1.29 is 18.3 Å². The van der Waals surface area contributed by atoms with E-state index in [0.29, 0.717) is 17.0 Å². The summed E-state index contributed by atoms with van der Waals surface area (Å²) in [7, 11) is 1.37. The number of hydrogen-bond donors (Lipinski definition) is 0. The maximum absolute atomic E-state index is 12.4. The van der Waals surface area contributed by atoms with Gasteiger partial charge >= 0.3 is 6.61 Å². The van der Waals surface area contributed by atoms with Crippen molar-refractivity contribution in [2.24, 2.45) is 0 Å². The summed E-state index contributed by atoms with van der Waals surface area (Å²) in [5.41, 5.74) is 0.973. The second kappa shape index (κ2) is 7.95. The number of methoxy groups -OCH3 is 1. The Morgan fingerprint density at radius 3 is 2.85 bits per heavy atom. The highest BCUT2D eigenvalue weighted by molar-refractivity contribution is 5.87. The van der Waals surface area contributed by atoms with Gasteiger partial charge < -0.3 is 14.0 Å². The molecule has 0 bridgehead atoms. The lowest BCUT2D eigenvalue weighted by molar-refractivity contribution is -0.0512. The fourth-order valence-corrected chi connectivity index (χ4v) is 2.97. The van der Waals surface area contributed by atoms with Gasteiger partial charge in [-0.3, -0.25) is 0 Å². The number of nitrogens with zero attached hydrogens (tertiary/aromatic N) is 4. The van der Waals surface area contributed by atoms with Crippen LogP contribution in [0.15, 0.2) is 18.2 Å². The van der Waals surface area contributed by atoms with Gasteiger partial charge in [0.15, 0.2) is 17.3 Å². The molecule has 0 saturated heterocycles. The highest BCUT2D eigenvalue weighted by atomic mass is 19.3. The van der Waals surface area contributed by atoms with Crippen LogP contribution in [-0.4, -0.2) is 28.5 Å². The van der Waals surface area contributed by atoms with Gasteiger partial charge in [-0.1, -0.05) is 12.5 Å². The fraction of sp³-hybridized carbons (Fsp3) is 0.389. The van der Waals surface area contributed by atoms with Gasteiger partial charge in [0.1, 0.15) is 11.9 Å². The summed E-state index contributed by atoms with van der Waals surface area (Å²) in [5, 5.41) is 18.0. The van der Waals surface area contributed by atoms with Crippen molar-refractivity contribution in [3.63, 3.8) is 0 Å². The molecule has 0 saturated carbocycles. The van der Waals surface area contributed by atoms with E-state index in [-0.39, 0.29) is 11.5 Å². The number of hydrogen-bond acceptors (Lipinski definition) is 5. The Labute approximate surface area is 149 Å². The largest absolute Gasteiger partial charge is 0.493 e. The molecule has 0 fully saturated rings. The molecule has 136 valence electrons. The predicted octanol–water partition coefficient (Wildman–Crippen LogP) is 3.68. The molecule has 0 radical (unpaired) electrons. The quantitative estimate of drug-likeness (QED) is 0.761. The van der Waals surface area contributed by atoms with Gasteiger partial charge in [-0.2, -0.15) is 14.0 Å². The Balaban J connectivity index is 1.95. The van der Waals surface area contributed by atoms with E-state index in [0.717, 1.165) is 38.1 Å². The van der Waals surface area contributed by atoms with Gasteiger partial charge in [0.05, 0.1) is 12.7 Å².